The number of aryl methyl sites for hydroxylation is 1. The van der Waals surface area contributed by atoms with E-state index < -0.39 is 0 Å². The van der Waals surface area contributed by atoms with Crippen LogP contribution in [0.25, 0.3) is 0 Å². The van der Waals surface area contributed by atoms with Gasteiger partial charge in [-0.3, -0.25) is 9.67 Å². The van der Waals surface area contributed by atoms with Gasteiger partial charge >= 0.3 is 0 Å². The molecule has 7 nitrogen and oxygen atoms in total. The van der Waals surface area contributed by atoms with Gasteiger partial charge in [0, 0.05) is 46.5 Å². The van der Waals surface area contributed by atoms with Crippen molar-refractivity contribution < 1.29 is 0 Å². The zero-order valence-corrected chi connectivity index (χ0v) is 15.1. The van der Waals surface area contributed by atoms with Crippen molar-refractivity contribution in [2.24, 2.45) is 12.0 Å². The third-order valence-corrected chi connectivity index (χ3v) is 4.30. The van der Waals surface area contributed by atoms with Crippen LogP contribution in [-0.2, 0) is 20.1 Å². The fraction of sp³-hybridized carbons (Fsp3) is 0.389. The van der Waals surface area contributed by atoms with E-state index in [2.05, 4.69) is 61.7 Å². The van der Waals surface area contributed by atoms with E-state index >= 15 is 0 Å². The number of benzene rings is 1. The summed E-state index contributed by atoms with van der Waals surface area (Å²) < 4.78 is 1.78. The van der Waals surface area contributed by atoms with Gasteiger partial charge in [-0.15, -0.1) is 0 Å². The molecule has 1 aromatic carbocycles. The molecule has 2 heterocycles. The van der Waals surface area contributed by atoms with Crippen LogP contribution in [0.5, 0.6) is 0 Å². The standard InChI is InChI=1S/C18H25N7/c1-19-18(23(2)13-17-21-14-22-24(17)3)20-12-15-7-6-8-16(11-15)25-9-4-5-10-25/h4-8,11,14H,9-10,12-13H2,1-3H3,(H,19,20). The Bertz CT molecular complexity index is 754. The van der Waals surface area contributed by atoms with Crippen molar-refractivity contribution in [3.8, 4) is 0 Å². The lowest BCUT2D eigenvalue weighted by atomic mass is 10.2. The van der Waals surface area contributed by atoms with E-state index in [1.807, 2.05) is 19.0 Å². The lowest BCUT2D eigenvalue weighted by Gasteiger charge is -2.22. The average Bonchev–Trinajstić information content (AvgIpc) is 3.28. The summed E-state index contributed by atoms with van der Waals surface area (Å²) >= 11 is 0. The number of anilines is 1. The van der Waals surface area contributed by atoms with Crippen LogP contribution in [-0.4, -0.2) is 52.8 Å². The Balaban J connectivity index is 1.59. The quantitative estimate of drug-likeness (QED) is 0.507. The van der Waals surface area contributed by atoms with Crippen LogP contribution in [0.2, 0.25) is 0 Å². The van der Waals surface area contributed by atoms with Crippen LogP contribution >= 0.6 is 0 Å². The zero-order chi connectivity index (χ0) is 17.6. The predicted molar refractivity (Wildman–Crippen MR) is 100 cm³/mol. The minimum atomic E-state index is 0.648. The van der Waals surface area contributed by atoms with Gasteiger partial charge < -0.3 is 15.1 Å². The average molecular weight is 339 g/mol. The van der Waals surface area contributed by atoms with E-state index in [9.17, 15) is 0 Å². The molecule has 0 amide bonds. The van der Waals surface area contributed by atoms with Crippen molar-refractivity contribution in [2.75, 3.05) is 32.1 Å². The molecule has 0 unspecified atom stereocenters. The molecule has 7 heteroatoms. The second-order valence-corrected chi connectivity index (χ2v) is 6.10. The molecule has 1 N–H and O–H groups in total. The SMILES string of the molecule is CN=C(NCc1cccc(N2CC=CC2)c1)N(C)Cc1ncnn1C. The van der Waals surface area contributed by atoms with Crippen molar-refractivity contribution in [3.05, 3.63) is 54.1 Å². The van der Waals surface area contributed by atoms with Gasteiger partial charge in [-0.1, -0.05) is 24.3 Å². The molecule has 1 aromatic heterocycles. The van der Waals surface area contributed by atoms with Gasteiger partial charge in [-0.2, -0.15) is 5.10 Å². The number of hydrogen-bond acceptors (Lipinski definition) is 4. The van der Waals surface area contributed by atoms with Gasteiger partial charge in [0.1, 0.15) is 12.2 Å². The number of nitrogens with zero attached hydrogens (tertiary/aromatic N) is 6. The van der Waals surface area contributed by atoms with E-state index in [1.165, 1.54) is 11.3 Å². The molecule has 0 spiro atoms. The van der Waals surface area contributed by atoms with Gasteiger partial charge in [0.25, 0.3) is 0 Å². The normalized spacial score (nSPS) is 14.2. The molecular weight excluding hydrogens is 314 g/mol. The molecule has 3 rings (SSSR count). The van der Waals surface area contributed by atoms with Crippen molar-refractivity contribution in [1.82, 2.24) is 25.0 Å². The molecule has 25 heavy (non-hydrogen) atoms. The van der Waals surface area contributed by atoms with Crippen molar-refractivity contribution >= 4 is 11.6 Å². The van der Waals surface area contributed by atoms with Crippen molar-refractivity contribution in [3.63, 3.8) is 0 Å². The second-order valence-electron chi connectivity index (χ2n) is 6.10. The van der Waals surface area contributed by atoms with Crippen LogP contribution in [0.3, 0.4) is 0 Å². The summed E-state index contributed by atoms with van der Waals surface area (Å²) in [6, 6.07) is 8.63. The molecule has 0 saturated carbocycles. The Hall–Kier alpha value is -2.83. The van der Waals surface area contributed by atoms with Crippen LogP contribution < -0.4 is 10.2 Å². The number of guanidine groups is 1. The lowest BCUT2D eigenvalue weighted by Crippen LogP contribution is -2.38. The minimum Gasteiger partial charge on any atom is -0.364 e. The molecule has 132 valence electrons. The largest absolute Gasteiger partial charge is 0.364 e. The molecule has 0 bridgehead atoms. The molecule has 0 aliphatic carbocycles. The highest BCUT2D eigenvalue weighted by molar-refractivity contribution is 5.79. The van der Waals surface area contributed by atoms with E-state index in [0.717, 1.165) is 31.4 Å². The maximum atomic E-state index is 4.37. The van der Waals surface area contributed by atoms with Gasteiger partial charge in [0.15, 0.2) is 5.96 Å². The lowest BCUT2D eigenvalue weighted by molar-refractivity contribution is 0.448. The Kier molecular flexibility index (Phi) is 5.33. The third-order valence-electron chi connectivity index (χ3n) is 4.30. The fourth-order valence-electron chi connectivity index (χ4n) is 2.87. The molecule has 0 radical (unpaired) electrons. The second kappa shape index (κ2) is 7.83. The summed E-state index contributed by atoms with van der Waals surface area (Å²) in [6.07, 6.45) is 5.97. The summed E-state index contributed by atoms with van der Waals surface area (Å²) in [5.41, 5.74) is 2.49. The van der Waals surface area contributed by atoms with E-state index in [1.54, 1.807) is 18.1 Å². The Morgan fingerprint density at radius 2 is 2.12 bits per heavy atom. The first-order chi connectivity index (χ1) is 12.2. The summed E-state index contributed by atoms with van der Waals surface area (Å²) in [5.74, 6) is 1.73. The van der Waals surface area contributed by atoms with Gasteiger partial charge in [-0.05, 0) is 17.7 Å². The van der Waals surface area contributed by atoms with Crippen LogP contribution in [0.4, 0.5) is 5.69 Å². The van der Waals surface area contributed by atoms with Crippen LogP contribution in [0.1, 0.15) is 11.4 Å². The minimum absolute atomic E-state index is 0.648. The third kappa shape index (κ3) is 4.17. The summed E-state index contributed by atoms with van der Waals surface area (Å²) in [4.78, 5) is 13.0. The fourth-order valence-corrected chi connectivity index (χ4v) is 2.87. The highest BCUT2D eigenvalue weighted by Gasteiger charge is 2.11. The Morgan fingerprint density at radius 3 is 2.80 bits per heavy atom. The summed E-state index contributed by atoms with van der Waals surface area (Å²) in [5, 5.41) is 7.52. The maximum absolute atomic E-state index is 4.37. The van der Waals surface area contributed by atoms with Gasteiger partial charge in [-0.25, -0.2) is 4.98 Å². The van der Waals surface area contributed by atoms with E-state index in [-0.39, 0.29) is 0 Å². The first kappa shape index (κ1) is 17.0. The molecule has 2 aromatic rings. The highest BCUT2D eigenvalue weighted by atomic mass is 15.4. The number of nitrogens with one attached hydrogen (secondary N) is 1. The number of rotatable bonds is 5. The smallest absolute Gasteiger partial charge is 0.194 e. The van der Waals surface area contributed by atoms with Crippen LogP contribution in [0, 0.1) is 0 Å². The number of hydrogen-bond donors (Lipinski definition) is 1. The zero-order valence-electron chi connectivity index (χ0n) is 15.1. The molecule has 1 aliphatic heterocycles. The Labute approximate surface area is 148 Å². The number of aromatic nitrogens is 3. The Morgan fingerprint density at radius 1 is 1.32 bits per heavy atom. The molecule has 0 saturated heterocycles. The molecule has 0 fully saturated rings. The molecule has 1 aliphatic rings. The summed E-state index contributed by atoms with van der Waals surface area (Å²) in [7, 11) is 5.68. The van der Waals surface area contributed by atoms with Gasteiger partial charge in [0.05, 0.1) is 6.54 Å². The molecule has 0 atom stereocenters. The maximum Gasteiger partial charge on any atom is 0.194 e. The monoisotopic (exact) mass is 339 g/mol. The van der Waals surface area contributed by atoms with Crippen molar-refractivity contribution in [1.29, 1.82) is 0 Å². The predicted octanol–water partition coefficient (Wildman–Crippen LogP) is 1.40. The number of aliphatic imine (C=N–C) groups is 1. The first-order valence-electron chi connectivity index (χ1n) is 8.41. The molecular formula is C18H25N7. The van der Waals surface area contributed by atoms with Crippen molar-refractivity contribution in [2.45, 2.75) is 13.1 Å². The van der Waals surface area contributed by atoms with E-state index in [0.29, 0.717) is 6.54 Å². The highest BCUT2D eigenvalue weighted by Crippen LogP contribution is 2.18. The van der Waals surface area contributed by atoms with Crippen LogP contribution in [0.15, 0.2) is 47.7 Å². The van der Waals surface area contributed by atoms with E-state index in [4.69, 9.17) is 0 Å². The summed E-state index contributed by atoms with van der Waals surface area (Å²) in [6.45, 7) is 3.35. The van der Waals surface area contributed by atoms with Gasteiger partial charge in [0.2, 0.25) is 0 Å². The first-order valence-corrected chi connectivity index (χ1v) is 8.41. The topological polar surface area (TPSA) is 61.6 Å².